The molecule has 12 heavy (non-hydrogen) atoms. The van der Waals surface area contributed by atoms with Crippen LogP contribution in [0.25, 0.3) is 10.8 Å². The summed E-state index contributed by atoms with van der Waals surface area (Å²) < 4.78 is 0. The lowest BCUT2D eigenvalue weighted by atomic mass is 10.0. The second-order valence-electron chi connectivity index (χ2n) is 3.04. The Balaban J connectivity index is 2.95. The van der Waals surface area contributed by atoms with E-state index < -0.39 is 0 Å². The molecule has 1 heteroatoms. The average Bonchev–Trinajstić information content (AvgIpc) is 2.12. The molecule has 1 radical (unpaired) electrons. The topological polar surface area (TPSA) is 12.9 Å². The van der Waals surface area contributed by atoms with Gasteiger partial charge in [0.15, 0.2) is 0 Å². The van der Waals surface area contributed by atoms with Gasteiger partial charge in [-0.05, 0) is 36.4 Å². The van der Waals surface area contributed by atoms with Crippen molar-refractivity contribution in [2.24, 2.45) is 0 Å². The quantitative estimate of drug-likeness (QED) is 0.571. The molecule has 0 amide bonds. The van der Waals surface area contributed by atoms with Gasteiger partial charge in [0, 0.05) is 11.6 Å². The molecular formula is C11H10N. The Hall–Kier alpha value is -1.37. The Morgan fingerprint density at radius 2 is 1.83 bits per heavy atom. The van der Waals surface area contributed by atoms with Gasteiger partial charge in [-0.15, -0.1) is 0 Å². The molecule has 0 aliphatic rings. The van der Waals surface area contributed by atoms with Crippen LogP contribution in [0.1, 0.15) is 11.1 Å². The van der Waals surface area contributed by atoms with Crippen LogP contribution in [0.4, 0.5) is 0 Å². The second-order valence-corrected chi connectivity index (χ2v) is 3.04. The minimum atomic E-state index is 1.14. The number of hydrogen-bond acceptors (Lipinski definition) is 1. The lowest BCUT2D eigenvalue weighted by Crippen LogP contribution is -1.83. The van der Waals surface area contributed by atoms with Crippen LogP contribution in [0.5, 0.6) is 0 Å². The summed E-state index contributed by atoms with van der Waals surface area (Å²) in [7, 11) is 0. The summed E-state index contributed by atoms with van der Waals surface area (Å²) in [5, 5.41) is 2.39. The van der Waals surface area contributed by atoms with Crippen molar-refractivity contribution in [3.05, 3.63) is 41.7 Å². The number of benzene rings is 1. The smallest absolute Gasteiger partial charge is 0.0973 e. The monoisotopic (exact) mass is 156 g/mol. The van der Waals surface area contributed by atoms with E-state index in [4.69, 9.17) is 0 Å². The van der Waals surface area contributed by atoms with Crippen LogP contribution in [0.2, 0.25) is 0 Å². The van der Waals surface area contributed by atoms with Crippen molar-refractivity contribution in [1.82, 2.24) is 4.98 Å². The first-order valence-electron chi connectivity index (χ1n) is 4.01. The van der Waals surface area contributed by atoms with Crippen LogP contribution < -0.4 is 0 Å². The summed E-state index contributed by atoms with van der Waals surface area (Å²) in [5.41, 5.74) is 2.53. The predicted molar refractivity (Wildman–Crippen MR) is 50.1 cm³/mol. The zero-order valence-corrected chi connectivity index (χ0v) is 7.26. The minimum Gasteiger partial charge on any atom is -0.254 e. The standard InChI is InChI=1S/C11H10N/c1-8-3-4-9(2)11-7-12-6-5-10(8)11/h3-6H,1-2H3. The summed E-state index contributed by atoms with van der Waals surface area (Å²) in [6.45, 7) is 4.19. The molecule has 0 atom stereocenters. The van der Waals surface area contributed by atoms with Crippen molar-refractivity contribution in [3.8, 4) is 0 Å². The molecule has 1 aromatic carbocycles. The Kier molecular flexibility index (Phi) is 1.58. The van der Waals surface area contributed by atoms with Crippen molar-refractivity contribution in [2.75, 3.05) is 0 Å². The van der Waals surface area contributed by atoms with E-state index in [1.54, 1.807) is 6.20 Å². The summed E-state index contributed by atoms with van der Waals surface area (Å²) in [4.78, 5) is 3.99. The van der Waals surface area contributed by atoms with Crippen molar-refractivity contribution in [3.63, 3.8) is 0 Å². The highest BCUT2D eigenvalue weighted by Crippen LogP contribution is 2.19. The van der Waals surface area contributed by atoms with Gasteiger partial charge in [0.1, 0.15) is 0 Å². The largest absolute Gasteiger partial charge is 0.254 e. The number of aryl methyl sites for hydroxylation is 2. The predicted octanol–water partition coefficient (Wildman–Crippen LogP) is 2.65. The molecule has 0 unspecified atom stereocenters. The van der Waals surface area contributed by atoms with Crippen molar-refractivity contribution >= 4 is 10.8 Å². The lowest BCUT2D eigenvalue weighted by molar-refractivity contribution is 1.32. The molecule has 1 nitrogen and oxygen atoms in total. The highest BCUT2D eigenvalue weighted by Gasteiger charge is 1.98. The Morgan fingerprint density at radius 1 is 1.08 bits per heavy atom. The van der Waals surface area contributed by atoms with E-state index in [1.165, 1.54) is 16.5 Å². The molecule has 0 spiro atoms. The number of rotatable bonds is 0. The van der Waals surface area contributed by atoms with E-state index in [0.29, 0.717) is 0 Å². The van der Waals surface area contributed by atoms with Gasteiger partial charge in [0.05, 0.1) is 6.20 Å². The minimum absolute atomic E-state index is 1.14. The fourth-order valence-electron chi connectivity index (χ4n) is 1.41. The van der Waals surface area contributed by atoms with E-state index >= 15 is 0 Å². The fraction of sp³-hybridized carbons (Fsp3) is 0.182. The molecule has 0 fully saturated rings. The van der Waals surface area contributed by atoms with Gasteiger partial charge >= 0.3 is 0 Å². The first-order valence-corrected chi connectivity index (χ1v) is 4.01. The van der Waals surface area contributed by atoms with Crippen LogP contribution in [-0.4, -0.2) is 4.98 Å². The summed E-state index contributed by atoms with van der Waals surface area (Å²) >= 11 is 0. The first-order chi connectivity index (χ1) is 5.79. The maximum Gasteiger partial charge on any atom is 0.0973 e. The van der Waals surface area contributed by atoms with Gasteiger partial charge < -0.3 is 0 Å². The SMILES string of the molecule is Cc1ccc(C)c2ccn[c]c12. The molecule has 0 N–H and O–H groups in total. The Morgan fingerprint density at radius 3 is 2.58 bits per heavy atom. The molecule has 0 aliphatic heterocycles. The molecule has 2 aromatic rings. The average molecular weight is 156 g/mol. The van der Waals surface area contributed by atoms with Crippen molar-refractivity contribution in [2.45, 2.75) is 13.8 Å². The van der Waals surface area contributed by atoms with Gasteiger partial charge in [-0.3, -0.25) is 4.98 Å². The fourth-order valence-corrected chi connectivity index (χ4v) is 1.41. The van der Waals surface area contributed by atoms with Crippen LogP contribution in [-0.2, 0) is 0 Å². The van der Waals surface area contributed by atoms with Gasteiger partial charge in [-0.2, -0.15) is 0 Å². The summed E-state index contributed by atoms with van der Waals surface area (Å²) in [6, 6.07) is 6.27. The van der Waals surface area contributed by atoms with Gasteiger partial charge in [0.25, 0.3) is 0 Å². The van der Waals surface area contributed by atoms with Crippen LogP contribution >= 0.6 is 0 Å². The molecular weight excluding hydrogens is 146 g/mol. The van der Waals surface area contributed by atoms with Gasteiger partial charge in [-0.25, -0.2) is 0 Å². The molecule has 2 rings (SSSR count). The van der Waals surface area contributed by atoms with Crippen LogP contribution in [0.15, 0.2) is 24.4 Å². The third-order valence-electron chi connectivity index (χ3n) is 2.16. The summed E-state index contributed by atoms with van der Waals surface area (Å²) in [6.07, 6.45) is 4.80. The van der Waals surface area contributed by atoms with Gasteiger partial charge in [0.2, 0.25) is 0 Å². The lowest BCUT2D eigenvalue weighted by Gasteiger charge is -2.02. The maximum absolute atomic E-state index is 3.99. The van der Waals surface area contributed by atoms with E-state index in [-0.39, 0.29) is 0 Å². The number of hydrogen-bond donors (Lipinski definition) is 0. The van der Waals surface area contributed by atoms with E-state index in [2.05, 4.69) is 37.2 Å². The van der Waals surface area contributed by atoms with E-state index in [1.807, 2.05) is 6.07 Å². The number of nitrogens with zero attached hydrogens (tertiary/aromatic N) is 1. The number of aromatic nitrogens is 1. The molecule has 0 aliphatic carbocycles. The zero-order chi connectivity index (χ0) is 8.55. The molecule has 0 bridgehead atoms. The molecule has 1 heterocycles. The van der Waals surface area contributed by atoms with Gasteiger partial charge in [-0.1, -0.05) is 12.1 Å². The Bertz CT molecular complexity index is 378. The normalized spacial score (nSPS) is 10.5. The van der Waals surface area contributed by atoms with E-state index in [9.17, 15) is 0 Å². The third-order valence-corrected chi connectivity index (χ3v) is 2.16. The third kappa shape index (κ3) is 0.981. The number of fused-ring (bicyclic) bond motifs is 1. The molecule has 0 saturated carbocycles. The highest BCUT2D eigenvalue weighted by atomic mass is 14.6. The highest BCUT2D eigenvalue weighted by molar-refractivity contribution is 5.86. The second kappa shape index (κ2) is 2.59. The molecule has 59 valence electrons. The van der Waals surface area contributed by atoms with E-state index in [0.717, 1.165) is 5.39 Å². The molecule has 1 aromatic heterocycles. The zero-order valence-electron chi connectivity index (χ0n) is 7.26. The van der Waals surface area contributed by atoms with Crippen LogP contribution in [0.3, 0.4) is 0 Å². The number of pyridine rings is 1. The maximum atomic E-state index is 3.99. The Labute approximate surface area is 72.1 Å². The first kappa shape index (κ1) is 7.29. The van der Waals surface area contributed by atoms with Crippen LogP contribution in [0, 0.1) is 20.0 Å². The van der Waals surface area contributed by atoms with Crippen molar-refractivity contribution < 1.29 is 0 Å². The van der Waals surface area contributed by atoms with Crippen molar-refractivity contribution in [1.29, 1.82) is 0 Å². The molecule has 0 saturated heterocycles. The summed E-state index contributed by atoms with van der Waals surface area (Å²) in [5.74, 6) is 0.